The van der Waals surface area contributed by atoms with E-state index in [1.807, 2.05) is 0 Å². The van der Waals surface area contributed by atoms with Crippen molar-refractivity contribution in [2.45, 2.75) is 20.0 Å². The van der Waals surface area contributed by atoms with Crippen LogP contribution >= 0.6 is 20.2 Å². The highest BCUT2D eigenvalue weighted by atomic mass is 35.5. The molecule has 0 amide bonds. The molecule has 2 N–H and O–H groups in total. The summed E-state index contributed by atoms with van der Waals surface area (Å²) < 4.78 is 14.0. The lowest BCUT2D eigenvalue weighted by molar-refractivity contribution is 0.156. The Bertz CT molecular complexity index is 108. The molecule has 0 aliphatic rings. The molecule has 6 heteroatoms. The lowest BCUT2D eigenvalue weighted by atomic mass is 10.5. The lowest BCUT2D eigenvalue weighted by Gasteiger charge is -2.06. The zero-order chi connectivity index (χ0) is 6.78. The van der Waals surface area contributed by atoms with Gasteiger partial charge in [-0.3, -0.25) is 4.52 Å². The molecule has 0 radical (unpaired) electrons. The Morgan fingerprint density at radius 2 is 1.78 bits per heavy atom. The summed E-state index contributed by atoms with van der Waals surface area (Å²) in [5.74, 6) is 0. The average molecular weight is 177 g/mol. The quantitative estimate of drug-likeness (QED) is 0.614. The van der Waals surface area contributed by atoms with Gasteiger partial charge in [-0.05, 0) is 13.8 Å². The number of phosphoric acid groups is 1. The molecule has 0 unspecified atom stereocenters. The predicted octanol–water partition coefficient (Wildman–Crippen LogP) is 0.926. The second kappa shape index (κ2) is 4.25. The Morgan fingerprint density at radius 3 is 1.78 bits per heavy atom. The number of phosphoric ester groups is 1. The number of halogens is 1. The molecule has 0 aliphatic carbocycles. The van der Waals surface area contributed by atoms with Crippen LogP contribution in [0.1, 0.15) is 13.8 Å². The number of hydrogen-bond donors (Lipinski definition) is 2. The molecule has 0 aromatic heterocycles. The summed E-state index contributed by atoms with van der Waals surface area (Å²) in [4.78, 5) is 16.2. The highest BCUT2D eigenvalue weighted by molar-refractivity contribution is 7.46. The first kappa shape index (κ1) is 12.1. The first-order valence-corrected chi connectivity index (χ1v) is 3.69. The summed E-state index contributed by atoms with van der Waals surface area (Å²) in [5.41, 5.74) is 0. The number of hydrogen-bond acceptors (Lipinski definition) is 2. The van der Waals surface area contributed by atoms with Gasteiger partial charge < -0.3 is 9.79 Å². The van der Waals surface area contributed by atoms with Crippen LogP contribution in [-0.2, 0) is 9.09 Å². The van der Waals surface area contributed by atoms with Gasteiger partial charge >= 0.3 is 7.82 Å². The predicted molar refractivity (Wildman–Crippen MR) is 35.5 cm³/mol. The van der Waals surface area contributed by atoms with Crippen molar-refractivity contribution in [3.63, 3.8) is 0 Å². The molecule has 0 bridgehead atoms. The molecule has 4 nitrogen and oxygen atoms in total. The maximum atomic E-state index is 9.91. The van der Waals surface area contributed by atoms with Crippen LogP contribution in [0.15, 0.2) is 0 Å². The Kier molecular flexibility index (Phi) is 5.72. The molecule has 0 fully saturated rings. The van der Waals surface area contributed by atoms with E-state index in [-0.39, 0.29) is 12.4 Å². The van der Waals surface area contributed by atoms with Crippen LogP contribution in [0.5, 0.6) is 0 Å². The fourth-order valence-electron chi connectivity index (χ4n) is 0.275. The SMILES string of the molecule is CC(C)OP(=O)(O)O.Cl. The largest absolute Gasteiger partial charge is 0.469 e. The van der Waals surface area contributed by atoms with Gasteiger partial charge in [-0.2, -0.15) is 0 Å². The van der Waals surface area contributed by atoms with Gasteiger partial charge in [-0.15, -0.1) is 12.4 Å². The van der Waals surface area contributed by atoms with Crippen molar-refractivity contribution >= 4 is 20.2 Å². The van der Waals surface area contributed by atoms with Gasteiger partial charge in [0.25, 0.3) is 0 Å². The summed E-state index contributed by atoms with van der Waals surface area (Å²) in [7, 11) is -4.22. The monoisotopic (exact) mass is 176 g/mol. The zero-order valence-electron chi connectivity index (χ0n) is 5.14. The van der Waals surface area contributed by atoms with Crippen LogP contribution in [0.25, 0.3) is 0 Å². The molecule has 0 atom stereocenters. The van der Waals surface area contributed by atoms with Gasteiger partial charge in [0.15, 0.2) is 0 Å². The van der Waals surface area contributed by atoms with Gasteiger partial charge in [-0.25, -0.2) is 4.57 Å². The minimum Gasteiger partial charge on any atom is -0.303 e. The molecule has 58 valence electrons. The van der Waals surface area contributed by atoms with E-state index in [1.54, 1.807) is 13.8 Å². The summed E-state index contributed by atoms with van der Waals surface area (Å²) in [6.07, 6.45) is -0.421. The average Bonchev–Trinajstić information content (AvgIpc) is 1.21. The van der Waals surface area contributed by atoms with Gasteiger partial charge in [0.1, 0.15) is 0 Å². The van der Waals surface area contributed by atoms with Crippen molar-refractivity contribution < 1.29 is 18.9 Å². The Hall–Kier alpha value is 0.400. The minimum absolute atomic E-state index is 0. The van der Waals surface area contributed by atoms with E-state index in [0.717, 1.165) is 0 Å². The molecule has 0 aliphatic heterocycles. The molecule has 0 saturated carbocycles. The molecule has 0 heterocycles. The van der Waals surface area contributed by atoms with Crippen LogP contribution in [-0.4, -0.2) is 15.9 Å². The highest BCUT2D eigenvalue weighted by Gasteiger charge is 2.14. The highest BCUT2D eigenvalue weighted by Crippen LogP contribution is 2.37. The van der Waals surface area contributed by atoms with E-state index >= 15 is 0 Å². The smallest absolute Gasteiger partial charge is 0.303 e. The fraction of sp³-hybridized carbons (Fsp3) is 1.00. The molecule has 0 spiro atoms. The van der Waals surface area contributed by atoms with Gasteiger partial charge in [0.05, 0.1) is 6.10 Å². The second-order valence-electron chi connectivity index (χ2n) is 1.64. The first-order valence-electron chi connectivity index (χ1n) is 2.16. The van der Waals surface area contributed by atoms with Gasteiger partial charge in [-0.1, -0.05) is 0 Å². The molecular weight excluding hydrogens is 166 g/mol. The maximum Gasteiger partial charge on any atom is 0.469 e. The summed E-state index contributed by atoms with van der Waals surface area (Å²) >= 11 is 0. The van der Waals surface area contributed by atoms with Crippen molar-refractivity contribution in [1.82, 2.24) is 0 Å². The van der Waals surface area contributed by atoms with Crippen LogP contribution in [0.4, 0.5) is 0 Å². The van der Waals surface area contributed by atoms with Crippen LogP contribution in [0.3, 0.4) is 0 Å². The molecule has 0 rings (SSSR count). The normalized spacial score (nSPS) is 11.2. The Balaban J connectivity index is 0. The lowest BCUT2D eigenvalue weighted by Crippen LogP contribution is -1.98. The van der Waals surface area contributed by atoms with Crippen molar-refractivity contribution in [3.05, 3.63) is 0 Å². The molecule has 0 saturated heterocycles. The summed E-state index contributed by atoms with van der Waals surface area (Å²) in [5, 5.41) is 0. The molecule has 9 heavy (non-hydrogen) atoms. The third kappa shape index (κ3) is 11.8. The van der Waals surface area contributed by atoms with Crippen LogP contribution < -0.4 is 0 Å². The second-order valence-corrected chi connectivity index (χ2v) is 2.84. The standard InChI is InChI=1S/C3H9O4P.ClH/c1-3(2)7-8(4,5)6;/h3H,1-2H3,(H2,4,5,6);1H. The Labute approximate surface area is 59.9 Å². The van der Waals surface area contributed by atoms with E-state index in [0.29, 0.717) is 0 Å². The van der Waals surface area contributed by atoms with E-state index in [1.165, 1.54) is 0 Å². The summed E-state index contributed by atoms with van der Waals surface area (Å²) in [6, 6.07) is 0. The van der Waals surface area contributed by atoms with Crippen molar-refractivity contribution in [2.24, 2.45) is 0 Å². The Morgan fingerprint density at radius 1 is 1.44 bits per heavy atom. The topological polar surface area (TPSA) is 66.8 Å². The first-order chi connectivity index (χ1) is 3.42. The van der Waals surface area contributed by atoms with E-state index < -0.39 is 13.9 Å². The maximum absolute atomic E-state index is 9.91. The zero-order valence-corrected chi connectivity index (χ0v) is 6.85. The van der Waals surface area contributed by atoms with E-state index in [2.05, 4.69) is 4.52 Å². The summed E-state index contributed by atoms with van der Waals surface area (Å²) in [6.45, 7) is 3.11. The molecule has 0 aromatic carbocycles. The van der Waals surface area contributed by atoms with Crippen LogP contribution in [0, 0.1) is 0 Å². The van der Waals surface area contributed by atoms with E-state index in [4.69, 9.17) is 9.79 Å². The third-order valence-corrected chi connectivity index (χ3v) is 1.04. The van der Waals surface area contributed by atoms with Gasteiger partial charge in [0.2, 0.25) is 0 Å². The van der Waals surface area contributed by atoms with E-state index in [9.17, 15) is 4.57 Å². The van der Waals surface area contributed by atoms with Crippen molar-refractivity contribution in [2.75, 3.05) is 0 Å². The molecular formula is C3H10ClO4P. The minimum atomic E-state index is -4.22. The third-order valence-electron chi connectivity index (χ3n) is 0.348. The van der Waals surface area contributed by atoms with Gasteiger partial charge in [0, 0.05) is 0 Å². The van der Waals surface area contributed by atoms with Crippen LogP contribution in [0.2, 0.25) is 0 Å². The number of rotatable bonds is 2. The van der Waals surface area contributed by atoms with Crippen molar-refractivity contribution in [1.29, 1.82) is 0 Å². The van der Waals surface area contributed by atoms with Crippen molar-refractivity contribution in [3.8, 4) is 0 Å². The fourth-order valence-corrected chi connectivity index (χ4v) is 0.824. The molecule has 0 aromatic rings.